The number of halogens is 4. The number of hydrogen-bond acceptors (Lipinski definition) is 2. The van der Waals surface area contributed by atoms with Gasteiger partial charge in [-0.2, -0.15) is 4.58 Å². The molecule has 0 N–H and O–H groups in total. The van der Waals surface area contributed by atoms with Crippen LogP contribution in [0.15, 0.2) is 72.8 Å². The Bertz CT molecular complexity index is 2020. The molecule has 266 valence electrons. The first kappa shape index (κ1) is 37.0. The molecule has 0 aliphatic carbocycles. The average molecular weight is 689 g/mol. The van der Waals surface area contributed by atoms with E-state index in [4.69, 9.17) is 9.47 Å². The number of benzene rings is 4. The summed E-state index contributed by atoms with van der Waals surface area (Å²) in [6.45, 7) is 12.5. The lowest BCUT2D eigenvalue weighted by atomic mass is 10.0. The number of allylic oxidation sites excluding steroid dienone is 2. The fraction of sp³-hybridized carbons (Fsp3) is 0.390. The first-order chi connectivity index (χ1) is 24.2. The normalized spacial score (nSPS) is 13.3. The monoisotopic (exact) mass is 688 g/mol. The second-order valence-corrected chi connectivity index (χ2v) is 12.8. The van der Waals surface area contributed by atoms with E-state index < -0.39 is 7.25 Å². The maximum absolute atomic E-state index is 9.75. The van der Waals surface area contributed by atoms with Gasteiger partial charge in [-0.15, -0.1) is 0 Å². The lowest BCUT2D eigenvalue weighted by Crippen LogP contribution is -2.16. The van der Waals surface area contributed by atoms with Gasteiger partial charge in [-0.3, -0.25) is 0 Å². The molecule has 1 aliphatic rings. The zero-order valence-corrected chi connectivity index (χ0v) is 29.8. The van der Waals surface area contributed by atoms with Crippen molar-refractivity contribution < 1.29 is 31.3 Å². The molecular weight excluding hydrogens is 639 g/mol. The third-order valence-corrected chi connectivity index (χ3v) is 9.16. The molecule has 0 atom stereocenters. The van der Waals surface area contributed by atoms with Crippen LogP contribution in [-0.4, -0.2) is 41.9 Å². The van der Waals surface area contributed by atoms with Crippen LogP contribution in [0.4, 0.5) is 23.0 Å². The quantitative estimate of drug-likeness (QED) is 0.0446. The van der Waals surface area contributed by atoms with E-state index in [2.05, 4.69) is 116 Å². The van der Waals surface area contributed by atoms with Gasteiger partial charge in [0, 0.05) is 57.5 Å². The van der Waals surface area contributed by atoms with Gasteiger partial charge < -0.3 is 31.3 Å². The van der Waals surface area contributed by atoms with E-state index in [0.717, 1.165) is 89.2 Å². The molecule has 5 aromatic rings. The first-order valence-corrected chi connectivity index (χ1v) is 18.3. The minimum atomic E-state index is -6.00. The van der Waals surface area contributed by atoms with Gasteiger partial charge in [0.05, 0.1) is 24.2 Å². The van der Waals surface area contributed by atoms with Crippen LogP contribution in [-0.2, 0) is 6.54 Å². The molecule has 0 saturated carbocycles. The topological polar surface area (TPSA) is 26.4 Å². The molecule has 9 heteroatoms. The van der Waals surface area contributed by atoms with Gasteiger partial charge in [0.1, 0.15) is 18.0 Å². The summed E-state index contributed by atoms with van der Waals surface area (Å²) in [5, 5.41) is 7.62. The highest BCUT2D eigenvalue weighted by molar-refractivity contribution is 6.50. The second kappa shape index (κ2) is 17.1. The summed E-state index contributed by atoms with van der Waals surface area (Å²) < 4.78 is 56.6. The molecule has 4 nitrogen and oxygen atoms in total. The Morgan fingerprint density at radius 2 is 1.26 bits per heavy atom. The van der Waals surface area contributed by atoms with Gasteiger partial charge in [-0.1, -0.05) is 89.8 Å². The van der Waals surface area contributed by atoms with Crippen LogP contribution in [0.25, 0.3) is 38.5 Å². The van der Waals surface area contributed by atoms with Gasteiger partial charge in [0.25, 0.3) is 0 Å². The SMILES string of the molecule is CCCCOc1ccc2c3c(cccc13)C(/C=C/C=c1/c3cccc4c(OCCCC)ccc(c43)n1CCCC)=[N+]2CCCC.F[B-](F)(F)F. The number of nitrogens with zero attached hydrogens (tertiary/aromatic N) is 2. The smallest absolute Gasteiger partial charge is 0.493 e. The van der Waals surface area contributed by atoms with Gasteiger partial charge >= 0.3 is 7.25 Å². The zero-order chi connectivity index (χ0) is 35.7. The van der Waals surface area contributed by atoms with E-state index >= 15 is 0 Å². The number of unbranched alkanes of at least 4 members (excludes halogenated alkanes) is 4. The fourth-order valence-corrected chi connectivity index (χ4v) is 6.76. The Morgan fingerprint density at radius 1 is 0.680 bits per heavy atom. The van der Waals surface area contributed by atoms with Crippen LogP contribution in [0.3, 0.4) is 0 Å². The third-order valence-electron chi connectivity index (χ3n) is 9.16. The molecule has 4 aromatic carbocycles. The standard InChI is InChI=1S/C41H49N2O2.BF4/c1-5-9-26-42-34(30-16-13-18-32-38(44-28-11-7-3)24-22-36(42)40(30)32)20-15-21-35-31-17-14-19-33-39(45-29-12-8-4)25-23-37(41(31)33)43(35)27-10-6-2;2-1(3,4)5/h13-25H,5-12,26-29H2,1-4H3;/q+1;-1. The zero-order valence-electron chi connectivity index (χ0n) is 29.8. The summed E-state index contributed by atoms with van der Waals surface area (Å²) in [4.78, 5) is 0. The van der Waals surface area contributed by atoms with Crippen LogP contribution < -0.4 is 14.8 Å². The highest BCUT2D eigenvalue weighted by Crippen LogP contribution is 2.40. The van der Waals surface area contributed by atoms with Crippen molar-refractivity contribution >= 4 is 57.2 Å². The maximum atomic E-state index is 9.75. The molecule has 0 bridgehead atoms. The van der Waals surface area contributed by atoms with Crippen molar-refractivity contribution in [3.63, 3.8) is 0 Å². The summed E-state index contributed by atoms with van der Waals surface area (Å²) in [7, 11) is -6.00. The predicted octanol–water partition coefficient (Wildman–Crippen LogP) is 11.4. The number of rotatable bonds is 16. The van der Waals surface area contributed by atoms with Gasteiger partial charge in [0.15, 0.2) is 0 Å². The Hall–Kier alpha value is -4.27. The molecule has 50 heavy (non-hydrogen) atoms. The number of hydrogen-bond donors (Lipinski definition) is 0. The van der Waals surface area contributed by atoms with Crippen molar-refractivity contribution in [2.45, 2.75) is 85.6 Å². The minimum Gasteiger partial charge on any atom is -0.493 e. The van der Waals surface area contributed by atoms with Crippen molar-refractivity contribution in [3.8, 4) is 11.5 Å². The molecule has 0 unspecified atom stereocenters. The lowest BCUT2D eigenvalue weighted by molar-refractivity contribution is -0.436. The molecule has 0 saturated heterocycles. The van der Waals surface area contributed by atoms with Crippen molar-refractivity contribution in [2.24, 2.45) is 0 Å². The van der Waals surface area contributed by atoms with E-state index in [1.807, 2.05) is 0 Å². The van der Waals surface area contributed by atoms with E-state index in [1.54, 1.807) is 0 Å². The molecule has 1 aromatic heterocycles. The molecule has 0 radical (unpaired) electrons. The van der Waals surface area contributed by atoms with E-state index in [1.165, 1.54) is 54.8 Å². The van der Waals surface area contributed by atoms with Gasteiger partial charge in [-0.25, -0.2) is 0 Å². The van der Waals surface area contributed by atoms with Crippen molar-refractivity contribution in [1.29, 1.82) is 0 Å². The molecule has 2 heterocycles. The largest absolute Gasteiger partial charge is 0.673 e. The first-order valence-electron chi connectivity index (χ1n) is 18.3. The van der Waals surface area contributed by atoms with Crippen LogP contribution in [0.2, 0.25) is 0 Å². The molecular formula is C41H49BF4N2O2. The molecule has 0 amide bonds. The molecule has 1 aliphatic heterocycles. The van der Waals surface area contributed by atoms with Crippen LogP contribution >= 0.6 is 0 Å². The van der Waals surface area contributed by atoms with Crippen molar-refractivity contribution in [1.82, 2.24) is 4.57 Å². The molecule has 0 fully saturated rings. The summed E-state index contributed by atoms with van der Waals surface area (Å²) in [6.07, 6.45) is 15.9. The second-order valence-electron chi connectivity index (χ2n) is 12.8. The number of aromatic nitrogens is 1. The van der Waals surface area contributed by atoms with E-state index in [0.29, 0.717) is 0 Å². The van der Waals surface area contributed by atoms with Crippen LogP contribution in [0.5, 0.6) is 11.5 Å². The maximum Gasteiger partial charge on any atom is 0.673 e. The highest BCUT2D eigenvalue weighted by Gasteiger charge is 2.31. The fourth-order valence-electron chi connectivity index (χ4n) is 6.76. The van der Waals surface area contributed by atoms with Crippen molar-refractivity contribution in [3.05, 3.63) is 83.7 Å². The summed E-state index contributed by atoms with van der Waals surface area (Å²) in [6, 6.07) is 22.2. The van der Waals surface area contributed by atoms with Crippen molar-refractivity contribution in [2.75, 3.05) is 19.8 Å². The highest BCUT2D eigenvalue weighted by atomic mass is 19.5. The predicted molar refractivity (Wildman–Crippen MR) is 202 cm³/mol. The Labute approximate surface area is 293 Å². The molecule has 0 spiro atoms. The van der Waals surface area contributed by atoms with Crippen LogP contribution in [0.1, 0.15) is 84.6 Å². The lowest BCUT2D eigenvalue weighted by Gasteiger charge is -2.10. The number of aryl methyl sites for hydroxylation is 1. The molecule has 6 rings (SSSR count). The summed E-state index contributed by atoms with van der Waals surface area (Å²) in [5.41, 5.74) is 5.15. The van der Waals surface area contributed by atoms with Gasteiger partial charge in [0.2, 0.25) is 11.4 Å². The van der Waals surface area contributed by atoms with E-state index in [-0.39, 0.29) is 0 Å². The Balaban J connectivity index is 0.000000908. The summed E-state index contributed by atoms with van der Waals surface area (Å²) >= 11 is 0. The Morgan fingerprint density at radius 3 is 1.90 bits per heavy atom. The van der Waals surface area contributed by atoms with E-state index in [9.17, 15) is 17.3 Å². The summed E-state index contributed by atoms with van der Waals surface area (Å²) in [5.74, 6) is 1.99. The van der Waals surface area contributed by atoms with Gasteiger partial charge in [-0.05, 0) is 49.6 Å². The number of ether oxygens (including phenoxy) is 2. The average Bonchev–Trinajstić information content (AvgIpc) is 3.57. The Kier molecular flexibility index (Phi) is 12.7. The minimum absolute atomic E-state index is 0.759. The third kappa shape index (κ3) is 8.36. The van der Waals surface area contributed by atoms with Crippen LogP contribution in [0, 0.1) is 0 Å².